The molecule has 2 N–H and O–H groups in total. The van der Waals surface area contributed by atoms with Crippen molar-refractivity contribution < 1.29 is 10.2 Å². The molecule has 0 aliphatic carbocycles. The summed E-state index contributed by atoms with van der Waals surface area (Å²) in [6.07, 6.45) is 1.84. The zero-order chi connectivity index (χ0) is 7.11. The third-order valence-electron chi connectivity index (χ3n) is 1.29. The summed E-state index contributed by atoms with van der Waals surface area (Å²) in [6.45, 7) is 0.175. The Kier molecular flexibility index (Phi) is 6.58. The van der Waals surface area contributed by atoms with E-state index in [1.807, 2.05) is 0 Å². The van der Waals surface area contributed by atoms with Crippen LogP contribution in [0.1, 0.15) is 12.8 Å². The third kappa shape index (κ3) is 4.75. The first-order valence-corrected chi connectivity index (χ1v) is 3.81. The zero-order valence-electron chi connectivity index (χ0n) is 5.45. The second-order valence-corrected chi connectivity index (χ2v) is 2.54. The van der Waals surface area contributed by atoms with Crippen molar-refractivity contribution in [3.63, 3.8) is 0 Å². The van der Waals surface area contributed by atoms with Crippen molar-refractivity contribution in [3.8, 4) is 0 Å². The number of aliphatic hydroxyl groups is 2. The molecule has 0 bridgehead atoms. The molecule has 0 rings (SSSR count). The van der Waals surface area contributed by atoms with Gasteiger partial charge in [-0.2, -0.15) is 12.6 Å². The van der Waals surface area contributed by atoms with Crippen LogP contribution in [0, 0.1) is 5.92 Å². The molecular weight excluding hydrogens is 136 g/mol. The fourth-order valence-corrected chi connectivity index (χ4v) is 0.803. The Morgan fingerprint density at radius 1 is 1.22 bits per heavy atom. The third-order valence-corrected chi connectivity index (χ3v) is 1.60. The molecule has 9 heavy (non-hydrogen) atoms. The van der Waals surface area contributed by atoms with Crippen LogP contribution >= 0.6 is 12.6 Å². The fourth-order valence-electron chi connectivity index (χ4n) is 0.620. The van der Waals surface area contributed by atoms with Gasteiger partial charge in [0.1, 0.15) is 0 Å². The monoisotopic (exact) mass is 150 g/mol. The standard InChI is InChI=1S/C6H14O2S/c7-4-6(5-8)2-1-3-9/h6-9H,1-5H2. The highest BCUT2D eigenvalue weighted by Crippen LogP contribution is 2.04. The molecule has 56 valence electrons. The highest BCUT2D eigenvalue weighted by atomic mass is 32.1. The average Bonchev–Trinajstić information content (AvgIpc) is 1.91. The van der Waals surface area contributed by atoms with Gasteiger partial charge in [0.05, 0.1) is 0 Å². The van der Waals surface area contributed by atoms with Crippen LogP contribution in [0.3, 0.4) is 0 Å². The predicted octanol–water partition coefficient (Wildman–Crippen LogP) is 0.297. The maximum absolute atomic E-state index is 8.57. The van der Waals surface area contributed by atoms with Crippen molar-refractivity contribution in [1.29, 1.82) is 0 Å². The van der Waals surface area contributed by atoms with Gasteiger partial charge < -0.3 is 10.2 Å². The summed E-state index contributed by atoms with van der Waals surface area (Å²) >= 11 is 4.01. The van der Waals surface area contributed by atoms with Gasteiger partial charge in [-0.1, -0.05) is 0 Å². The lowest BCUT2D eigenvalue weighted by atomic mass is 10.1. The molecule has 2 nitrogen and oxygen atoms in total. The predicted molar refractivity (Wildman–Crippen MR) is 40.7 cm³/mol. The van der Waals surface area contributed by atoms with Crippen LogP contribution in [0.5, 0.6) is 0 Å². The SMILES string of the molecule is OCC(CO)CCCS. The van der Waals surface area contributed by atoms with Crippen LogP contribution < -0.4 is 0 Å². The summed E-state index contributed by atoms with van der Waals surface area (Å²) in [6, 6.07) is 0. The number of rotatable bonds is 5. The van der Waals surface area contributed by atoms with Crippen LogP contribution in [0.4, 0.5) is 0 Å². The van der Waals surface area contributed by atoms with Gasteiger partial charge in [-0.05, 0) is 18.6 Å². The van der Waals surface area contributed by atoms with E-state index in [0.717, 1.165) is 18.6 Å². The zero-order valence-corrected chi connectivity index (χ0v) is 6.35. The Labute approximate surface area is 61.3 Å². The molecule has 0 saturated carbocycles. The van der Waals surface area contributed by atoms with Gasteiger partial charge in [-0.3, -0.25) is 0 Å². The minimum Gasteiger partial charge on any atom is -0.396 e. The van der Waals surface area contributed by atoms with E-state index in [1.165, 1.54) is 0 Å². The molecule has 0 aromatic rings. The molecular formula is C6H14O2S. The van der Waals surface area contributed by atoms with Gasteiger partial charge >= 0.3 is 0 Å². The summed E-state index contributed by atoms with van der Waals surface area (Å²) < 4.78 is 0. The Balaban J connectivity index is 3.09. The summed E-state index contributed by atoms with van der Waals surface area (Å²) in [4.78, 5) is 0. The average molecular weight is 150 g/mol. The second-order valence-electron chi connectivity index (χ2n) is 2.10. The van der Waals surface area contributed by atoms with E-state index in [-0.39, 0.29) is 19.1 Å². The Bertz CT molecular complexity index is 55.0. The Morgan fingerprint density at radius 3 is 2.11 bits per heavy atom. The normalized spacial score (nSPS) is 10.7. The van der Waals surface area contributed by atoms with Gasteiger partial charge in [0.25, 0.3) is 0 Å². The largest absolute Gasteiger partial charge is 0.396 e. The van der Waals surface area contributed by atoms with Gasteiger partial charge in [-0.25, -0.2) is 0 Å². The summed E-state index contributed by atoms with van der Waals surface area (Å²) in [7, 11) is 0. The summed E-state index contributed by atoms with van der Waals surface area (Å²) in [5.74, 6) is 0.897. The molecule has 3 heteroatoms. The van der Waals surface area contributed by atoms with Crippen LogP contribution in [-0.2, 0) is 0 Å². The maximum Gasteiger partial charge on any atom is 0.0481 e. The molecule has 0 amide bonds. The number of thiol groups is 1. The highest BCUT2D eigenvalue weighted by molar-refractivity contribution is 7.80. The molecule has 0 atom stereocenters. The Morgan fingerprint density at radius 2 is 1.78 bits per heavy atom. The van der Waals surface area contributed by atoms with Crippen molar-refractivity contribution in [2.75, 3.05) is 19.0 Å². The van der Waals surface area contributed by atoms with E-state index in [4.69, 9.17) is 10.2 Å². The summed E-state index contributed by atoms with van der Waals surface area (Å²) in [5, 5.41) is 17.1. The van der Waals surface area contributed by atoms with Crippen LogP contribution in [0.25, 0.3) is 0 Å². The molecule has 0 aliphatic heterocycles. The summed E-state index contributed by atoms with van der Waals surface area (Å²) in [5.41, 5.74) is 0. The van der Waals surface area contributed by atoms with Gasteiger partial charge in [-0.15, -0.1) is 0 Å². The maximum atomic E-state index is 8.57. The van der Waals surface area contributed by atoms with E-state index in [1.54, 1.807) is 0 Å². The Hall–Kier alpha value is 0.270. The first kappa shape index (κ1) is 9.27. The van der Waals surface area contributed by atoms with E-state index in [9.17, 15) is 0 Å². The van der Waals surface area contributed by atoms with Crippen molar-refractivity contribution in [2.24, 2.45) is 5.92 Å². The molecule has 0 saturated heterocycles. The number of hydrogen-bond donors (Lipinski definition) is 3. The van der Waals surface area contributed by atoms with Gasteiger partial charge in [0, 0.05) is 19.1 Å². The highest BCUT2D eigenvalue weighted by Gasteiger charge is 2.02. The van der Waals surface area contributed by atoms with Crippen molar-refractivity contribution in [1.82, 2.24) is 0 Å². The lowest BCUT2D eigenvalue weighted by Crippen LogP contribution is -2.10. The topological polar surface area (TPSA) is 40.5 Å². The minimum absolute atomic E-state index is 0.0668. The quantitative estimate of drug-likeness (QED) is 0.493. The van der Waals surface area contributed by atoms with Crippen LogP contribution in [0.2, 0.25) is 0 Å². The van der Waals surface area contributed by atoms with Gasteiger partial charge in [0.15, 0.2) is 0 Å². The second kappa shape index (κ2) is 6.39. The molecule has 0 aromatic carbocycles. The lowest BCUT2D eigenvalue weighted by molar-refractivity contribution is 0.143. The van der Waals surface area contributed by atoms with E-state index < -0.39 is 0 Å². The fraction of sp³-hybridized carbons (Fsp3) is 1.00. The smallest absolute Gasteiger partial charge is 0.0481 e. The van der Waals surface area contributed by atoms with Gasteiger partial charge in [0.2, 0.25) is 0 Å². The molecule has 0 aliphatic rings. The number of aliphatic hydroxyl groups excluding tert-OH is 2. The number of hydrogen-bond acceptors (Lipinski definition) is 3. The molecule has 0 aromatic heterocycles. The van der Waals surface area contributed by atoms with E-state index in [0.29, 0.717) is 0 Å². The minimum atomic E-state index is 0.0668. The van der Waals surface area contributed by atoms with Crippen molar-refractivity contribution in [2.45, 2.75) is 12.8 Å². The van der Waals surface area contributed by atoms with E-state index in [2.05, 4.69) is 12.6 Å². The molecule has 0 heterocycles. The lowest BCUT2D eigenvalue weighted by Gasteiger charge is -2.07. The molecule has 0 radical (unpaired) electrons. The first-order valence-electron chi connectivity index (χ1n) is 3.17. The molecule has 0 fully saturated rings. The van der Waals surface area contributed by atoms with Crippen molar-refractivity contribution in [3.05, 3.63) is 0 Å². The molecule has 0 spiro atoms. The molecule has 0 unspecified atom stereocenters. The van der Waals surface area contributed by atoms with Crippen molar-refractivity contribution >= 4 is 12.6 Å². The first-order chi connectivity index (χ1) is 4.35. The van der Waals surface area contributed by atoms with Crippen LogP contribution in [0.15, 0.2) is 0 Å². The van der Waals surface area contributed by atoms with Crippen LogP contribution in [-0.4, -0.2) is 29.2 Å². The van der Waals surface area contributed by atoms with E-state index >= 15 is 0 Å².